The van der Waals surface area contributed by atoms with Gasteiger partial charge in [0.25, 0.3) is 5.91 Å². The first-order valence-corrected chi connectivity index (χ1v) is 8.91. The van der Waals surface area contributed by atoms with Crippen molar-refractivity contribution in [1.82, 2.24) is 30.3 Å². The smallest absolute Gasteiger partial charge is 0.269 e. The molecule has 0 radical (unpaired) electrons. The van der Waals surface area contributed by atoms with Gasteiger partial charge in [-0.15, -0.1) is 0 Å². The molecule has 3 aromatic rings. The van der Waals surface area contributed by atoms with E-state index in [-0.39, 0.29) is 12.5 Å². The van der Waals surface area contributed by atoms with E-state index in [1.165, 1.54) is 0 Å². The normalized spacial score (nSPS) is 10.9. The molecule has 9 heteroatoms. The molecule has 0 aliphatic heterocycles. The number of aromatic nitrogens is 5. The van der Waals surface area contributed by atoms with E-state index in [0.29, 0.717) is 30.5 Å². The molecule has 3 heterocycles. The Kier molecular flexibility index (Phi) is 6.05. The minimum absolute atomic E-state index is 0.260. The summed E-state index contributed by atoms with van der Waals surface area (Å²) in [6.45, 7) is 5.03. The molecule has 3 rings (SSSR count). The van der Waals surface area contributed by atoms with Crippen LogP contribution in [-0.2, 0) is 18.3 Å². The fourth-order valence-corrected chi connectivity index (χ4v) is 2.89. The number of carbonyl (C=O) groups excluding carboxylic acids is 1. The largest absolute Gasteiger partial charge is 0.475 e. The first-order chi connectivity index (χ1) is 13.5. The quantitative estimate of drug-likeness (QED) is 0.573. The number of pyridine rings is 1. The van der Waals surface area contributed by atoms with Gasteiger partial charge in [0.05, 0.1) is 18.0 Å². The van der Waals surface area contributed by atoms with Crippen molar-refractivity contribution >= 4 is 5.91 Å². The Morgan fingerprint density at radius 1 is 1.32 bits per heavy atom. The molecule has 9 nitrogen and oxygen atoms in total. The third kappa shape index (κ3) is 4.20. The van der Waals surface area contributed by atoms with Gasteiger partial charge in [-0.1, -0.05) is 6.07 Å². The number of ether oxygens (including phenoxy) is 2. The van der Waals surface area contributed by atoms with Crippen molar-refractivity contribution in [3.05, 3.63) is 47.0 Å². The van der Waals surface area contributed by atoms with Crippen molar-refractivity contribution in [2.75, 3.05) is 20.3 Å². The van der Waals surface area contributed by atoms with Crippen LogP contribution in [0.5, 0.6) is 5.88 Å². The van der Waals surface area contributed by atoms with Crippen LogP contribution < -0.4 is 10.1 Å². The second kappa shape index (κ2) is 8.66. The summed E-state index contributed by atoms with van der Waals surface area (Å²) in [5, 5.41) is 14.3. The van der Waals surface area contributed by atoms with E-state index in [2.05, 4.69) is 25.6 Å². The van der Waals surface area contributed by atoms with Gasteiger partial charge in [0.15, 0.2) is 0 Å². The van der Waals surface area contributed by atoms with Crippen molar-refractivity contribution in [2.24, 2.45) is 7.05 Å². The maximum Gasteiger partial charge on any atom is 0.269 e. The second-order valence-corrected chi connectivity index (χ2v) is 6.33. The minimum Gasteiger partial charge on any atom is -0.475 e. The lowest BCUT2D eigenvalue weighted by Crippen LogP contribution is -2.23. The molecule has 0 aromatic carbocycles. The fraction of sp³-hybridized carbons (Fsp3) is 0.368. The van der Waals surface area contributed by atoms with E-state index < -0.39 is 0 Å². The van der Waals surface area contributed by atoms with Crippen molar-refractivity contribution < 1.29 is 14.3 Å². The van der Waals surface area contributed by atoms with Gasteiger partial charge < -0.3 is 14.8 Å². The molecule has 0 saturated carbocycles. The Hall–Kier alpha value is -3.20. The third-order valence-corrected chi connectivity index (χ3v) is 4.40. The maximum atomic E-state index is 12.5. The van der Waals surface area contributed by atoms with Crippen LogP contribution in [0.3, 0.4) is 0 Å². The van der Waals surface area contributed by atoms with E-state index in [9.17, 15) is 4.79 Å². The molecule has 0 unspecified atom stereocenters. The molecule has 0 bridgehead atoms. The molecule has 0 saturated heterocycles. The van der Waals surface area contributed by atoms with Crippen LogP contribution in [0.4, 0.5) is 0 Å². The molecule has 0 atom stereocenters. The second-order valence-electron chi connectivity index (χ2n) is 6.33. The van der Waals surface area contributed by atoms with Crippen LogP contribution in [0.2, 0.25) is 0 Å². The van der Waals surface area contributed by atoms with Gasteiger partial charge in [-0.05, 0) is 26.0 Å². The Morgan fingerprint density at radius 2 is 2.14 bits per heavy atom. The number of methoxy groups -OCH3 is 1. The van der Waals surface area contributed by atoms with E-state index in [1.54, 1.807) is 30.1 Å². The van der Waals surface area contributed by atoms with Gasteiger partial charge in [-0.2, -0.15) is 10.2 Å². The zero-order valence-corrected chi connectivity index (χ0v) is 16.4. The van der Waals surface area contributed by atoms with E-state index in [4.69, 9.17) is 9.47 Å². The van der Waals surface area contributed by atoms with E-state index in [0.717, 1.165) is 22.5 Å². The molecule has 3 aromatic heterocycles. The van der Waals surface area contributed by atoms with Gasteiger partial charge in [-0.25, -0.2) is 4.98 Å². The Balaban J connectivity index is 1.68. The van der Waals surface area contributed by atoms with Gasteiger partial charge in [0.2, 0.25) is 5.88 Å². The number of rotatable bonds is 8. The lowest BCUT2D eigenvalue weighted by Gasteiger charge is -2.10. The van der Waals surface area contributed by atoms with Crippen LogP contribution in [0, 0.1) is 13.8 Å². The zero-order chi connectivity index (χ0) is 20.1. The highest BCUT2D eigenvalue weighted by atomic mass is 16.5. The topological polar surface area (TPSA) is 107 Å². The molecule has 2 N–H and O–H groups in total. The Labute approximate surface area is 163 Å². The zero-order valence-electron chi connectivity index (χ0n) is 16.4. The summed E-state index contributed by atoms with van der Waals surface area (Å²) in [6.07, 6.45) is 1.65. The van der Waals surface area contributed by atoms with Crippen LogP contribution in [0.15, 0.2) is 24.4 Å². The summed E-state index contributed by atoms with van der Waals surface area (Å²) in [7, 11) is 3.49. The lowest BCUT2D eigenvalue weighted by molar-refractivity contribution is 0.0945. The SMILES string of the molecule is COCCOc1ncccc1CNC(=O)c1cc(-c2c(C)nn(C)c2C)n[nH]1. The number of aromatic amines is 1. The van der Waals surface area contributed by atoms with Crippen LogP contribution in [-0.4, -0.2) is 51.2 Å². The van der Waals surface area contributed by atoms with E-state index in [1.807, 2.05) is 27.0 Å². The summed E-state index contributed by atoms with van der Waals surface area (Å²) in [5.74, 6) is 0.219. The summed E-state index contributed by atoms with van der Waals surface area (Å²) in [4.78, 5) is 16.7. The number of carbonyl (C=O) groups is 1. The number of amides is 1. The van der Waals surface area contributed by atoms with Crippen LogP contribution >= 0.6 is 0 Å². The fourth-order valence-electron chi connectivity index (χ4n) is 2.89. The van der Waals surface area contributed by atoms with Gasteiger partial charge >= 0.3 is 0 Å². The van der Waals surface area contributed by atoms with Crippen LogP contribution in [0.1, 0.15) is 27.4 Å². The van der Waals surface area contributed by atoms with Gasteiger partial charge in [0, 0.05) is 43.7 Å². The minimum atomic E-state index is -0.260. The number of nitrogens with zero attached hydrogens (tertiary/aromatic N) is 4. The van der Waals surface area contributed by atoms with Crippen molar-refractivity contribution in [1.29, 1.82) is 0 Å². The number of hydrogen-bond donors (Lipinski definition) is 2. The third-order valence-electron chi connectivity index (χ3n) is 4.40. The molecule has 0 fully saturated rings. The summed E-state index contributed by atoms with van der Waals surface area (Å²) < 4.78 is 12.4. The monoisotopic (exact) mass is 384 g/mol. The lowest BCUT2D eigenvalue weighted by atomic mass is 10.1. The predicted molar refractivity (Wildman–Crippen MR) is 103 cm³/mol. The highest BCUT2D eigenvalue weighted by Crippen LogP contribution is 2.25. The number of H-pyrrole nitrogens is 1. The number of hydrogen-bond acceptors (Lipinski definition) is 6. The highest BCUT2D eigenvalue weighted by Gasteiger charge is 2.17. The van der Waals surface area contributed by atoms with Crippen molar-refractivity contribution in [3.8, 4) is 17.1 Å². The Bertz CT molecular complexity index is 962. The highest BCUT2D eigenvalue weighted by molar-refractivity contribution is 5.93. The van der Waals surface area contributed by atoms with Gasteiger partial charge in [-0.3, -0.25) is 14.6 Å². The molecule has 0 aliphatic carbocycles. The van der Waals surface area contributed by atoms with Crippen molar-refractivity contribution in [3.63, 3.8) is 0 Å². The summed E-state index contributed by atoms with van der Waals surface area (Å²) in [5.41, 5.74) is 4.64. The maximum absolute atomic E-state index is 12.5. The summed E-state index contributed by atoms with van der Waals surface area (Å²) >= 11 is 0. The molecule has 148 valence electrons. The van der Waals surface area contributed by atoms with E-state index >= 15 is 0 Å². The van der Waals surface area contributed by atoms with Crippen molar-refractivity contribution in [2.45, 2.75) is 20.4 Å². The Morgan fingerprint density at radius 3 is 2.86 bits per heavy atom. The summed E-state index contributed by atoms with van der Waals surface area (Å²) in [6, 6.07) is 5.38. The molecule has 0 aliphatic rings. The average Bonchev–Trinajstić information content (AvgIpc) is 3.25. The molecule has 28 heavy (non-hydrogen) atoms. The molecular weight excluding hydrogens is 360 g/mol. The number of aryl methyl sites for hydroxylation is 2. The molecule has 1 amide bonds. The first-order valence-electron chi connectivity index (χ1n) is 8.91. The van der Waals surface area contributed by atoms with Gasteiger partial charge in [0.1, 0.15) is 12.3 Å². The first kappa shape index (κ1) is 19.6. The standard InChI is InChI=1S/C19H24N6O3/c1-12-17(13(2)25(3)24-12)15-10-16(23-22-15)18(26)21-11-14-6-5-7-20-19(14)28-9-8-27-4/h5-7,10H,8-9,11H2,1-4H3,(H,21,26)(H,22,23). The average molecular weight is 384 g/mol. The van der Waals surface area contributed by atoms with Crippen LogP contribution in [0.25, 0.3) is 11.3 Å². The number of nitrogens with one attached hydrogen (secondary N) is 2. The molecular formula is C19H24N6O3. The molecule has 0 spiro atoms. The predicted octanol–water partition coefficient (Wildman–Crippen LogP) is 1.78.